The van der Waals surface area contributed by atoms with Crippen molar-refractivity contribution in [2.24, 2.45) is 0 Å². The Morgan fingerprint density at radius 3 is 2.83 bits per heavy atom. The summed E-state index contributed by atoms with van der Waals surface area (Å²) in [7, 11) is 1.60. The van der Waals surface area contributed by atoms with Crippen LogP contribution in [0.4, 0.5) is 0 Å². The van der Waals surface area contributed by atoms with Crippen LogP contribution in [0.1, 0.15) is 23.0 Å². The number of thiophene rings is 1. The highest BCUT2D eigenvalue weighted by atomic mass is 32.1. The van der Waals surface area contributed by atoms with Gasteiger partial charge < -0.3 is 15.3 Å². The molecule has 2 amide bonds. The normalized spacial score (nSPS) is 11.9. The van der Waals surface area contributed by atoms with Gasteiger partial charge in [-0.05, 0) is 24.8 Å². The molecule has 1 aromatic rings. The molecule has 6 heteroatoms. The minimum atomic E-state index is -0.219. The molecule has 0 aliphatic carbocycles. The first kappa shape index (κ1) is 14.7. The van der Waals surface area contributed by atoms with E-state index in [1.807, 2.05) is 12.3 Å². The summed E-state index contributed by atoms with van der Waals surface area (Å²) in [6.45, 7) is 1.87. The minimum Gasteiger partial charge on any atom is -0.396 e. The van der Waals surface area contributed by atoms with Crippen molar-refractivity contribution in [3.8, 4) is 0 Å². The first-order valence-corrected chi connectivity index (χ1v) is 6.61. The second kappa shape index (κ2) is 7.13. The van der Waals surface area contributed by atoms with E-state index in [1.54, 1.807) is 19.2 Å². The molecule has 0 saturated heterocycles. The average molecular weight is 270 g/mol. The standard InChI is InChI=1S/C12H18N2O3S/c1-9(5-6-15)13-11(16)8-14(2)12(17)10-4-3-7-18-10/h3-4,7,9,15H,5-6,8H2,1-2H3,(H,13,16). The SMILES string of the molecule is CC(CCO)NC(=O)CN(C)C(=O)c1cccs1. The largest absolute Gasteiger partial charge is 0.396 e. The second-order valence-corrected chi connectivity index (χ2v) is 5.07. The predicted molar refractivity (Wildman–Crippen MR) is 70.6 cm³/mol. The highest BCUT2D eigenvalue weighted by molar-refractivity contribution is 7.12. The van der Waals surface area contributed by atoms with Gasteiger partial charge >= 0.3 is 0 Å². The van der Waals surface area contributed by atoms with Gasteiger partial charge in [0.1, 0.15) is 0 Å². The number of carbonyl (C=O) groups excluding carboxylic acids is 2. The quantitative estimate of drug-likeness (QED) is 0.799. The fraction of sp³-hybridized carbons (Fsp3) is 0.500. The van der Waals surface area contributed by atoms with Crippen molar-refractivity contribution in [1.82, 2.24) is 10.2 Å². The lowest BCUT2D eigenvalue weighted by Gasteiger charge is -2.18. The Kier molecular flexibility index (Phi) is 5.80. The van der Waals surface area contributed by atoms with Crippen molar-refractivity contribution in [3.05, 3.63) is 22.4 Å². The molecule has 1 unspecified atom stereocenters. The number of likely N-dealkylation sites (N-methyl/N-ethyl adjacent to an activating group) is 1. The van der Waals surface area contributed by atoms with E-state index in [0.717, 1.165) is 0 Å². The lowest BCUT2D eigenvalue weighted by molar-refractivity contribution is -0.122. The molecular formula is C12H18N2O3S. The van der Waals surface area contributed by atoms with E-state index >= 15 is 0 Å². The van der Waals surface area contributed by atoms with E-state index in [-0.39, 0.29) is 31.0 Å². The first-order chi connectivity index (χ1) is 8.54. The Morgan fingerprint density at radius 1 is 1.56 bits per heavy atom. The summed E-state index contributed by atoms with van der Waals surface area (Å²) >= 11 is 1.35. The van der Waals surface area contributed by atoms with Gasteiger partial charge in [-0.1, -0.05) is 6.07 Å². The van der Waals surface area contributed by atoms with Gasteiger partial charge in [-0.2, -0.15) is 0 Å². The molecular weight excluding hydrogens is 252 g/mol. The summed E-state index contributed by atoms with van der Waals surface area (Å²) in [5.74, 6) is -0.377. The van der Waals surface area contributed by atoms with E-state index in [1.165, 1.54) is 16.2 Å². The van der Waals surface area contributed by atoms with Crippen molar-refractivity contribution in [1.29, 1.82) is 0 Å². The molecule has 1 aromatic heterocycles. The molecule has 2 N–H and O–H groups in total. The van der Waals surface area contributed by atoms with Gasteiger partial charge in [-0.3, -0.25) is 9.59 Å². The second-order valence-electron chi connectivity index (χ2n) is 4.12. The molecule has 0 aliphatic heterocycles. The van der Waals surface area contributed by atoms with Crippen LogP contribution in [0.15, 0.2) is 17.5 Å². The van der Waals surface area contributed by atoms with Gasteiger partial charge in [-0.15, -0.1) is 11.3 Å². The summed E-state index contributed by atoms with van der Waals surface area (Å²) in [5, 5.41) is 13.3. The van der Waals surface area contributed by atoms with Crippen LogP contribution in [0.5, 0.6) is 0 Å². The first-order valence-electron chi connectivity index (χ1n) is 5.73. The molecule has 0 saturated carbocycles. The van der Waals surface area contributed by atoms with Crippen LogP contribution in [-0.4, -0.2) is 48.1 Å². The zero-order valence-electron chi connectivity index (χ0n) is 10.5. The Bertz CT molecular complexity index is 392. The molecule has 0 spiro atoms. The van der Waals surface area contributed by atoms with E-state index < -0.39 is 0 Å². The topological polar surface area (TPSA) is 69.6 Å². The third kappa shape index (κ3) is 4.46. The van der Waals surface area contributed by atoms with E-state index in [4.69, 9.17) is 5.11 Å². The molecule has 1 rings (SSSR count). The van der Waals surface area contributed by atoms with Crippen molar-refractivity contribution < 1.29 is 14.7 Å². The monoisotopic (exact) mass is 270 g/mol. The summed E-state index contributed by atoms with van der Waals surface area (Å²) in [6, 6.07) is 3.44. The number of aliphatic hydroxyl groups is 1. The molecule has 100 valence electrons. The molecule has 18 heavy (non-hydrogen) atoms. The summed E-state index contributed by atoms with van der Waals surface area (Å²) < 4.78 is 0. The Hall–Kier alpha value is -1.40. The zero-order chi connectivity index (χ0) is 13.5. The third-order valence-electron chi connectivity index (χ3n) is 2.43. The lowest BCUT2D eigenvalue weighted by atomic mass is 10.2. The third-order valence-corrected chi connectivity index (χ3v) is 3.29. The molecule has 1 atom stereocenters. The van der Waals surface area contributed by atoms with Gasteiger partial charge in [0.05, 0.1) is 11.4 Å². The summed E-state index contributed by atoms with van der Waals surface area (Å²) in [4.78, 5) is 25.5. The number of hydrogen-bond acceptors (Lipinski definition) is 4. The highest BCUT2D eigenvalue weighted by Crippen LogP contribution is 2.10. The molecule has 0 aromatic carbocycles. The fourth-order valence-corrected chi connectivity index (χ4v) is 2.18. The van der Waals surface area contributed by atoms with Crippen LogP contribution in [-0.2, 0) is 4.79 Å². The van der Waals surface area contributed by atoms with Crippen molar-refractivity contribution in [2.45, 2.75) is 19.4 Å². The van der Waals surface area contributed by atoms with Gasteiger partial charge in [-0.25, -0.2) is 0 Å². The Labute approximate surface area is 110 Å². The number of hydrogen-bond donors (Lipinski definition) is 2. The van der Waals surface area contributed by atoms with E-state index in [2.05, 4.69) is 5.32 Å². The maximum Gasteiger partial charge on any atom is 0.264 e. The molecule has 0 fully saturated rings. The van der Waals surface area contributed by atoms with E-state index in [0.29, 0.717) is 11.3 Å². The molecule has 1 heterocycles. The molecule has 5 nitrogen and oxygen atoms in total. The fourth-order valence-electron chi connectivity index (χ4n) is 1.46. The molecule has 0 bridgehead atoms. The van der Waals surface area contributed by atoms with Crippen molar-refractivity contribution in [3.63, 3.8) is 0 Å². The van der Waals surface area contributed by atoms with Crippen molar-refractivity contribution >= 4 is 23.2 Å². The van der Waals surface area contributed by atoms with Gasteiger partial charge in [0.2, 0.25) is 5.91 Å². The number of aliphatic hydroxyl groups excluding tert-OH is 1. The maximum atomic E-state index is 11.9. The maximum absolute atomic E-state index is 11.9. The van der Waals surface area contributed by atoms with Crippen LogP contribution in [0.25, 0.3) is 0 Å². The zero-order valence-corrected chi connectivity index (χ0v) is 11.4. The van der Waals surface area contributed by atoms with Crippen LogP contribution >= 0.6 is 11.3 Å². The number of amides is 2. The van der Waals surface area contributed by atoms with Crippen LogP contribution < -0.4 is 5.32 Å². The summed E-state index contributed by atoms with van der Waals surface area (Å²) in [6.07, 6.45) is 0.508. The van der Waals surface area contributed by atoms with Gasteiger partial charge in [0, 0.05) is 19.7 Å². The molecule has 0 aliphatic rings. The number of nitrogens with one attached hydrogen (secondary N) is 1. The Morgan fingerprint density at radius 2 is 2.28 bits per heavy atom. The van der Waals surface area contributed by atoms with Crippen molar-refractivity contribution in [2.75, 3.05) is 20.2 Å². The van der Waals surface area contributed by atoms with Gasteiger partial charge in [0.15, 0.2) is 0 Å². The van der Waals surface area contributed by atoms with Gasteiger partial charge in [0.25, 0.3) is 5.91 Å². The minimum absolute atomic E-state index is 0.0203. The lowest BCUT2D eigenvalue weighted by Crippen LogP contribution is -2.41. The average Bonchev–Trinajstić information content (AvgIpc) is 2.81. The number of rotatable bonds is 6. The smallest absolute Gasteiger partial charge is 0.264 e. The Balaban J connectivity index is 2.42. The predicted octanol–water partition coefficient (Wildman–Crippen LogP) is 0.707. The van der Waals surface area contributed by atoms with E-state index in [9.17, 15) is 9.59 Å². The van der Waals surface area contributed by atoms with Crippen LogP contribution in [0, 0.1) is 0 Å². The number of nitrogens with zero attached hydrogens (tertiary/aromatic N) is 1. The molecule has 0 radical (unpaired) electrons. The highest BCUT2D eigenvalue weighted by Gasteiger charge is 2.16. The number of carbonyl (C=O) groups is 2. The summed E-state index contributed by atoms with van der Waals surface area (Å²) in [5.41, 5.74) is 0. The van der Waals surface area contributed by atoms with Crippen LogP contribution in [0.2, 0.25) is 0 Å². The van der Waals surface area contributed by atoms with Crippen LogP contribution in [0.3, 0.4) is 0 Å².